The van der Waals surface area contributed by atoms with Crippen LogP contribution in [0.2, 0.25) is 0 Å². The van der Waals surface area contributed by atoms with Crippen LogP contribution in [0.15, 0.2) is 18.2 Å². The van der Waals surface area contributed by atoms with Crippen LogP contribution in [0.4, 0.5) is 0 Å². The first-order valence-corrected chi connectivity index (χ1v) is 12.5. The van der Waals surface area contributed by atoms with Crippen LogP contribution in [0.3, 0.4) is 0 Å². The number of nitrogens with zero attached hydrogens (tertiary/aromatic N) is 3. The van der Waals surface area contributed by atoms with E-state index in [9.17, 15) is 24.0 Å². The molecule has 3 N–H and O–H groups in total. The molecule has 3 saturated heterocycles. The van der Waals surface area contributed by atoms with Gasteiger partial charge in [-0.1, -0.05) is 12.1 Å². The summed E-state index contributed by atoms with van der Waals surface area (Å²) in [5, 5.41) is 2.22. The van der Waals surface area contributed by atoms with E-state index in [1.165, 1.54) is 0 Å². The second-order valence-electron chi connectivity index (χ2n) is 9.94. The molecule has 0 aromatic heterocycles. The molecule has 11 heteroatoms. The fourth-order valence-electron chi connectivity index (χ4n) is 5.48. The van der Waals surface area contributed by atoms with Gasteiger partial charge in [-0.2, -0.15) is 0 Å². The van der Waals surface area contributed by atoms with Crippen LogP contribution in [0.25, 0.3) is 0 Å². The number of rotatable bonds is 5. The number of carbonyl (C=O) groups excluding carboxylic acids is 5. The number of nitrogens with one attached hydrogen (secondary N) is 1. The van der Waals surface area contributed by atoms with Crippen molar-refractivity contribution in [3.05, 3.63) is 34.9 Å². The average Bonchev–Trinajstić information content (AvgIpc) is 3.10. The molecule has 1 aromatic rings. The molecule has 2 atom stereocenters. The molecule has 1 aromatic carbocycles. The van der Waals surface area contributed by atoms with E-state index >= 15 is 0 Å². The van der Waals surface area contributed by atoms with Gasteiger partial charge in [-0.05, 0) is 30.9 Å². The van der Waals surface area contributed by atoms with Crippen molar-refractivity contribution in [2.45, 2.75) is 56.8 Å². The van der Waals surface area contributed by atoms with Crippen LogP contribution in [0, 0.1) is 0 Å². The molecule has 3 fully saturated rings. The Morgan fingerprint density at radius 1 is 1.06 bits per heavy atom. The van der Waals surface area contributed by atoms with Gasteiger partial charge in [-0.3, -0.25) is 39.1 Å². The van der Waals surface area contributed by atoms with E-state index in [-0.39, 0.29) is 36.5 Å². The molecule has 11 nitrogen and oxygen atoms in total. The van der Waals surface area contributed by atoms with Crippen LogP contribution in [-0.4, -0.2) is 95.2 Å². The second-order valence-corrected chi connectivity index (χ2v) is 9.94. The van der Waals surface area contributed by atoms with Crippen molar-refractivity contribution in [3.8, 4) is 0 Å². The lowest BCUT2D eigenvalue weighted by Gasteiger charge is -2.35. The summed E-state index contributed by atoms with van der Waals surface area (Å²) in [7, 11) is 0. The minimum absolute atomic E-state index is 0.0648. The Bertz CT molecular complexity index is 1100. The highest BCUT2D eigenvalue weighted by molar-refractivity contribution is 6.24. The van der Waals surface area contributed by atoms with Crippen LogP contribution in [-0.2, 0) is 25.7 Å². The molecule has 4 aliphatic rings. The number of likely N-dealkylation sites (tertiary alicyclic amines) is 1. The summed E-state index contributed by atoms with van der Waals surface area (Å²) in [5.74, 6) is -1.99. The van der Waals surface area contributed by atoms with E-state index in [0.29, 0.717) is 56.9 Å². The maximum Gasteiger partial charge on any atom is 0.262 e. The number of morpholine rings is 1. The molecule has 192 valence electrons. The van der Waals surface area contributed by atoms with Gasteiger partial charge in [0, 0.05) is 45.2 Å². The summed E-state index contributed by atoms with van der Waals surface area (Å²) in [6.45, 7) is 3.39. The molecule has 0 bridgehead atoms. The van der Waals surface area contributed by atoms with Crippen molar-refractivity contribution in [3.63, 3.8) is 0 Å². The number of fused-ring (bicyclic) bond motifs is 1. The van der Waals surface area contributed by atoms with Gasteiger partial charge in [-0.15, -0.1) is 0 Å². The van der Waals surface area contributed by atoms with Crippen molar-refractivity contribution >= 4 is 29.5 Å². The molecule has 0 aliphatic carbocycles. The Balaban J connectivity index is 1.26. The highest BCUT2D eigenvalue weighted by Crippen LogP contribution is 2.31. The van der Waals surface area contributed by atoms with Gasteiger partial charge in [0.15, 0.2) is 0 Å². The van der Waals surface area contributed by atoms with Crippen molar-refractivity contribution in [2.24, 2.45) is 5.73 Å². The molecule has 5 rings (SSSR count). The van der Waals surface area contributed by atoms with Gasteiger partial charge >= 0.3 is 0 Å². The van der Waals surface area contributed by atoms with Crippen molar-refractivity contribution in [2.75, 3.05) is 32.8 Å². The zero-order valence-electron chi connectivity index (χ0n) is 20.1. The van der Waals surface area contributed by atoms with Crippen molar-refractivity contribution < 1.29 is 28.7 Å². The maximum absolute atomic E-state index is 13.3. The fraction of sp³-hybridized carbons (Fsp3) is 0.560. The lowest BCUT2D eigenvalue weighted by atomic mass is 10.0. The zero-order chi connectivity index (χ0) is 25.4. The SMILES string of the molecule is NC1CCN(C(=O)C[C@@H]2CN(Cc3cccc4c3C(=O)N(C3CCC(=O)NC3=O)C4=O)CCO2)CC1. The van der Waals surface area contributed by atoms with E-state index in [1.54, 1.807) is 12.1 Å². The number of hydrogen-bond donors (Lipinski definition) is 2. The first-order chi connectivity index (χ1) is 17.3. The molecular weight excluding hydrogens is 466 g/mol. The third kappa shape index (κ3) is 4.78. The molecule has 0 radical (unpaired) electrons. The average molecular weight is 498 g/mol. The third-order valence-corrected chi connectivity index (χ3v) is 7.47. The predicted molar refractivity (Wildman–Crippen MR) is 127 cm³/mol. The Hall–Kier alpha value is -3.15. The second kappa shape index (κ2) is 10.1. The Labute approximate surface area is 208 Å². The lowest BCUT2D eigenvalue weighted by Crippen LogP contribution is -2.54. The summed E-state index contributed by atoms with van der Waals surface area (Å²) in [5.41, 5.74) is 7.21. The van der Waals surface area contributed by atoms with Crippen LogP contribution in [0.5, 0.6) is 0 Å². The number of hydrogen-bond acceptors (Lipinski definition) is 8. The highest BCUT2D eigenvalue weighted by Gasteiger charge is 2.45. The molecule has 1 unspecified atom stereocenters. The number of benzene rings is 1. The number of amides is 5. The van der Waals surface area contributed by atoms with Gasteiger partial charge in [0.05, 0.1) is 30.3 Å². The topological polar surface area (TPSA) is 142 Å². The molecule has 0 saturated carbocycles. The van der Waals surface area contributed by atoms with Crippen LogP contribution in [0.1, 0.15) is 58.4 Å². The lowest BCUT2D eigenvalue weighted by molar-refractivity contribution is -0.138. The largest absolute Gasteiger partial charge is 0.375 e. The number of carbonyl (C=O) groups is 5. The zero-order valence-corrected chi connectivity index (χ0v) is 20.1. The monoisotopic (exact) mass is 497 g/mol. The van der Waals surface area contributed by atoms with E-state index in [0.717, 1.165) is 17.7 Å². The molecule has 0 spiro atoms. The quantitative estimate of drug-likeness (QED) is 0.525. The fourth-order valence-corrected chi connectivity index (χ4v) is 5.48. The maximum atomic E-state index is 13.3. The standard InChI is InChI=1S/C25H31N5O6/c26-16-6-8-29(9-7-16)21(32)12-17-14-28(10-11-36-17)13-15-2-1-3-18-22(15)25(35)30(24(18)34)19-4-5-20(31)27-23(19)33/h1-3,16-17,19H,4-14,26H2,(H,27,31,33)/t17-,19?/m1/s1. The summed E-state index contributed by atoms with van der Waals surface area (Å²) in [4.78, 5) is 68.0. The van der Waals surface area contributed by atoms with Gasteiger partial charge < -0.3 is 15.4 Å². The van der Waals surface area contributed by atoms with Crippen molar-refractivity contribution in [1.82, 2.24) is 20.0 Å². The number of ether oxygens (including phenoxy) is 1. The van der Waals surface area contributed by atoms with Gasteiger partial charge in [-0.25, -0.2) is 0 Å². The van der Waals surface area contributed by atoms with Crippen LogP contribution >= 0.6 is 0 Å². The summed E-state index contributed by atoms with van der Waals surface area (Å²) < 4.78 is 5.86. The van der Waals surface area contributed by atoms with E-state index < -0.39 is 29.7 Å². The number of imide groups is 2. The van der Waals surface area contributed by atoms with E-state index in [4.69, 9.17) is 10.5 Å². The van der Waals surface area contributed by atoms with Gasteiger partial charge in [0.2, 0.25) is 17.7 Å². The predicted octanol–water partition coefficient (Wildman–Crippen LogP) is -0.372. The van der Waals surface area contributed by atoms with E-state index in [2.05, 4.69) is 10.2 Å². The highest BCUT2D eigenvalue weighted by atomic mass is 16.5. The molecular formula is C25H31N5O6. The first-order valence-electron chi connectivity index (χ1n) is 12.5. The summed E-state index contributed by atoms with van der Waals surface area (Å²) >= 11 is 0. The molecule has 36 heavy (non-hydrogen) atoms. The number of nitrogens with two attached hydrogens (primary N) is 1. The van der Waals surface area contributed by atoms with Crippen LogP contribution < -0.4 is 11.1 Å². The Morgan fingerprint density at radius 3 is 2.58 bits per heavy atom. The minimum atomic E-state index is -0.994. The Morgan fingerprint density at radius 2 is 1.83 bits per heavy atom. The normalized spacial score (nSPS) is 25.8. The number of piperidine rings is 2. The van der Waals surface area contributed by atoms with Crippen molar-refractivity contribution in [1.29, 1.82) is 0 Å². The van der Waals surface area contributed by atoms with Gasteiger partial charge in [0.1, 0.15) is 6.04 Å². The minimum Gasteiger partial charge on any atom is -0.375 e. The van der Waals surface area contributed by atoms with Gasteiger partial charge in [0.25, 0.3) is 11.8 Å². The first kappa shape index (κ1) is 24.5. The Kier molecular flexibility index (Phi) is 6.87. The van der Waals surface area contributed by atoms with E-state index in [1.807, 2.05) is 11.0 Å². The summed E-state index contributed by atoms with van der Waals surface area (Å²) in [6.07, 6.45) is 1.86. The molecule has 4 aliphatic heterocycles. The summed E-state index contributed by atoms with van der Waals surface area (Å²) in [6, 6.07) is 4.30. The molecule has 5 amide bonds. The third-order valence-electron chi connectivity index (χ3n) is 7.47. The smallest absolute Gasteiger partial charge is 0.262 e. The molecule has 4 heterocycles.